The Bertz CT molecular complexity index is 375. The summed E-state index contributed by atoms with van der Waals surface area (Å²) in [7, 11) is 2.07. The molecule has 3 unspecified atom stereocenters. The van der Waals surface area contributed by atoms with E-state index >= 15 is 0 Å². The van der Waals surface area contributed by atoms with Crippen molar-refractivity contribution in [2.75, 3.05) is 13.6 Å². The second kappa shape index (κ2) is 6.33. The molecule has 2 heteroatoms. The number of rotatable bonds is 4. The number of hydrogen-bond acceptors (Lipinski definition) is 2. The molecule has 0 amide bonds. The predicted octanol–water partition coefficient (Wildman–Crippen LogP) is 3.52. The first kappa shape index (κ1) is 13.5. The molecule has 0 radical (unpaired) electrons. The second-order valence-corrected chi connectivity index (χ2v) is 5.74. The smallest absolute Gasteiger partial charge is 0.0305 e. The van der Waals surface area contributed by atoms with Crippen LogP contribution in [0.4, 0.5) is 0 Å². The number of aromatic nitrogens is 1. The standard InChI is InChI=1S/C16H26N2/c1-4-13-5-6-14(10-17-3)15(9-13)16-11-18-8-7-12(16)2/h7-8,11,13-15,17H,4-6,9-10H2,1-3H3. The highest BCUT2D eigenvalue weighted by atomic mass is 14.8. The molecule has 0 aliphatic heterocycles. The zero-order valence-corrected chi connectivity index (χ0v) is 11.9. The van der Waals surface area contributed by atoms with Crippen LogP contribution in [0.5, 0.6) is 0 Å². The Kier molecular flexibility index (Phi) is 4.76. The lowest BCUT2D eigenvalue weighted by Crippen LogP contribution is -2.30. The number of hydrogen-bond donors (Lipinski definition) is 1. The van der Waals surface area contributed by atoms with Gasteiger partial charge in [-0.1, -0.05) is 19.8 Å². The van der Waals surface area contributed by atoms with Gasteiger partial charge in [-0.3, -0.25) is 4.98 Å². The van der Waals surface area contributed by atoms with E-state index < -0.39 is 0 Å². The molecule has 1 fully saturated rings. The molecule has 1 aromatic heterocycles. The van der Waals surface area contributed by atoms with Crippen molar-refractivity contribution in [1.29, 1.82) is 0 Å². The highest BCUT2D eigenvalue weighted by molar-refractivity contribution is 5.27. The Morgan fingerprint density at radius 1 is 1.39 bits per heavy atom. The number of nitrogens with zero attached hydrogens (tertiary/aromatic N) is 1. The van der Waals surface area contributed by atoms with Crippen LogP contribution in [0, 0.1) is 18.8 Å². The van der Waals surface area contributed by atoms with Gasteiger partial charge in [-0.25, -0.2) is 0 Å². The van der Waals surface area contributed by atoms with Crippen LogP contribution in [0.15, 0.2) is 18.5 Å². The molecule has 0 bridgehead atoms. The zero-order valence-electron chi connectivity index (χ0n) is 11.9. The Hall–Kier alpha value is -0.890. The Labute approximate surface area is 111 Å². The molecule has 2 nitrogen and oxygen atoms in total. The lowest BCUT2D eigenvalue weighted by molar-refractivity contribution is 0.227. The molecule has 1 aromatic rings. The lowest BCUT2D eigenvalue weighted by atomic mass is 9.70. The SMILES string of the molecule is CCC1CCC(CNC)C(c2cnccc2C)C1. The van der Waals surface area contributed by atoms with Crippen molar-refractivity contribution < 1.29 is 0 Å². The van der Waals surface area contributed by atoms with E-state index in [0.717, 1.165) is 18.4 Å². The molecule has 1 heterocycles. The van der Waals surface area contributed by atoms with Gasteiger partial charge >= 0.3 is 0 Å². The van der Waals surface area contributed by atoms with E-state index in [1.807, 2.05) is 6.20 Å². The fraction of sp³-hybridized carbons (Fsp3) is 0.688. The van der Waals surface area contributed by atoms with Crippen molar-refractivity contribution in [2.24, 2.45) is 11.8 Å². The molecular formula is C16H26N2. The van der Waals surface area contributed by atoms with Gasteiger partial charge in [-0.2, -0.15) is 0 Å². The second-order valence-electron chi connectivity index (χ2n) is 5.74. The summed E-state index contributed by atoms with van der Waals surface area (Å²) < 4.78 is 0. The van der Waals surface area contributed by atoms with E-state index in [-0.39, 0.29) is 0 Å². The highest BCUT2D eigenvalue weighted by Crippen LogP contribution is 2.42. The molecule has 1 aliphatic rings. The van der Waals surface area contributed by atoms with Crippen LogP contribution in [-0.2, 0) is 0 Å². The minimum atomic E-state index is 0.699. The third-order valence-electron chi connectivity index (χ3n) is 4.62. The monoisotopic (exact) mass is 246 g/mol. The van der Waals surface area contributed by atoms with Gasteiger partial charge in [-0.15, -0.1) is 0 Å². The molecule has 18 heavy (non-hydrogen) atoms. The van der Waals surface area contributed by atoms with Gasteiger partial charge in [0.05, 0.1) is 0 Å². The minimum absolute atomic E-state index is 0.699. The van der Waals surface area contributed by atoms with Crippen molar-refractivity contribution in [2.45, 2.75) is 45.4 Å². The van der Waals surface area contributed by atoms with E-state index in [1.54, 1.807) is 0 Å². The Balaban J connectivity index is 2.21. The fourth-order valence-corrected chi connectivity index (χ4v) is 3.44. The van der Waals surface area contributed by atoms with Gasteiger partial charge in [0.15, 0.2) is 0 Å². The number of nitrogens with one attached hydrogen (secondary N) is 1. The van der Waals surface area contributed by atoms with Crippen LogP contribution in [-0.4, -0.2) is 18.6 Å². The molecule has 1 aliphatic carbocycles. The average Bonchev–Trinajstić information content (AvgIpc) is 2.40. The predicted molar refractivity (Wildman–Crippen MR) is 76.8 cm³/mol. The Morgan fingerprint density at radius 3 is 2.89 bits per heavy atom. The third-order valence-corrected chi connectivity index (χ3v) is 4.62. The fourth-order valence-electron chi connectivity index (χ4n) is 3.44. The van der Waals surface area contributed by atoms with Gasteiger partial charge in [0.2, 0.25) is 0 Å². The summed E-state index contributed by atoms with van der Waals surface area (Å²) in [5.41, 5.74) is 2.89. The first-order valence-electron chi connectivity index (χ1n) is 7.31. The van der Waals surface area contributed by atoms with Gasteiger partial charge < -0.3 is 5.32 Å². The van der Waals surface area contributed by atoms with Crippen LogP contribution in [0.3, 0.4) is 0 Å². The van der Waals surface area contributed by atoms with Gasteiger partial charge in [-0.05, 0) is 68.3 Å². The molecular weight excluding hydrogens is 220 g/mol. The average molecular weight is 246 g/mol. The van der Waals surface area contributed by atoms with E-state index in [4.69, 9.17) is 0 Å². The van der Waals surface area contributed by atoms with Crippen LogP contribution < -0.4 is 5.32 Å². The quantitative estimate of drug-likeness (QED) is 0.879. The van der Waals surface area contributed by atoms with Gasteiger partial charge in [0, 0.05) is 12.4 Å². The maximum absolute atomic E-state index is 4.35. The normalized spacial score (nSPS) is 28.3. The van der Waals surface area contributed by atoms with E-state index in [1.165, 1.54) is 36.8 Å². The number of aryl methyl sites for hydroxylation is 1. The van der Waals surface area contributed by atoms with Gasteiger partial charge in [0.25, 0.3) is 0 Å². The first-order valence-corrected chi connectivity index (χ1v) is 7.31. The van der Waals surface area contributed by atoms with Crippen molar-refractivity contribution >= 4 is 0 Å². The van der Waals surface area contributed by atoms with Crippen LogP contribution in [0.25, 0.3) is 0 Å². The molecule has 0 saturated heterocycles. The van der Waals surface area contributed by atoms with Crippen molar-refractivity contribution in [1.82, 2.24) is 10.3 Å². The van der Waals surface area contributed by atoms with Crippen LogP contribution in [0.2, 0.25) is 0 Å². The molecule has 100 valence electrons. The van der Waals surface area contributed by atoms with Crippen molar-refractivity contribution in [3.8, 4) is 0 Å². The zero-order chi connectivity index (χ0) is 13.0. The van der Waals surface area contributed by atoms with Crippen molar-refractivity contribution in [3.05, 3.63) is 29.6 Å². The summed E-state index contributed by atoms with van der Waals surface area (Å²) in [5.74, 6) is 2.38. The number of pyridine rings is 1. The summed E-state index contributed by atoms with van der Waals surface area (Å²) in [6.07, 6.45) is 9.43. The van der Waals surface area contributed by atoms with Gasteiger partial charge in [0.1, 0.15) is 0 Å². The molecule has 3 atom stereocenters. The van der Waals surface area contributed by atoms with E-state index in [9.17, 15) is 0 Å². The van der Waals surface area contributed by atoms with Crippen LogP contribution >= 0.6 is 0 Å². The topological polar surface area (TPSA) is 24.9 Å². The molecule has 0 spiro atoms. The van der Waals surface area contributed by atoms with Crippen molar-refractivity contribution in [3.63, 3.8) is 0 Å². The maximum Gasteiger partial charge on any atom is 0.0305 e. The Morgan fingerprint density at radius 2 is 2.22 bits per heavy atom. The summed E-state index contributed by atoms with van der Waals surface area (Å²) in [4.78, 5) is 4.35. The highest BCUT2D eigenvalue weighted by Gasteiger charge is 2.31. The molecule has 0 aromatic carbocycles. The summed E-state index contributed by atoms with van der Waals surface area (Å²) in [5, 5.41) is 3.37. The molecule has 1 saturated carbocycles. The maximum atomic E-state index is 4.35. The first-order chi connectivity index (χ1) is 8.76. The lowest BCUT2D eigenvalue weighted by Gasteiger charge is -2.36. The summed E-state index contributed by atoms with van der Waals surface area (Å²) >= 11 is 0. The minimum Gasteiger partial charge on any atom is -0.319 e. The summed E-state index contributed by atoms with van der Waals surface area (Å²) in [6, 6.07) is 2.15. The molecule has 1 N–H and O–H groups in total. The largest absolute Gasteiger partial charge is 0.319 e. The molecule has 2 rings (SSSR count). The summed E-state index contributed by atoms with van der Waals surface area (Å²) in [6.45, 7) is 5.69. The van der Waals surface area contributed by atoms with E-state index in [0.29, 0.717) is 5.92 Å². The third kappa shape index (κ3) is 2.92. The van der Waals surface area contributed by atoms with E-state index in [2.05, 4.69) is 43.5 Å². The van der Waals surface area contributed by atoms with Crippen LogP contribution in [0.1, 0.15) is 49.7 Å².